The zero-order valence-electron chi connectivity index (χ0n) is 19.3. The summed E-state index contributed by atoms with van der Waals surface area (Å²) >= 11 is 5.79. The molecule has 1 heterocycles. The van der Waals surface area contributed by atoms with Crippen molar-refractivity contribution in [2.45, 2.75) is 25.6 Å². The number of hydrogen-bond donors (Lipinski definition) is 5. The molecule has 7 N–H and O–H groups in total. The van der Waals surface area contributed by atoms with E-state index in [1.165, 1.54) is 35.9 Å². The van der Waals surface area contributed by atoms with E-state index in [1.807, 2.05) is 0 Å². The Hall–Kier alpha value is -3.74. The van der Waals surface area contributed by atoms with Crippen molar-refractivity contribution in [1.29, 1.82) is 0 Å². The van der Waals surface area contributed by atoms with Crippen molar-refractivity contribution in [2.75, 3.05) is 25.5 Å². The molecular weight excluding hydrogens is 495 g/mol. The lowest BCUT2D eigenvalue weighted by atomic mass is 10.1. The molecule has 2 atom stereocenters. The highest BCUT2D eigenvalue weighted by molar-refractivity contribution is 6.30. The molecule has 0 aliphatic rings. The van der Waals surface area contributed by atoms with Crippen LogP contribution in [0.25, 0.3) is 10.9 Å². The van der Waals surface area contributed by atoms with Gasteiger partial charge in [-0.3, -0.25) is 19.1 Å². The minimum Gasteiger partial charge on any atom is -0.399 e. The van der Waals surface area contributed by atoms with Crippen LogP contribution in [0.15, 0.2) is 36.4 Å². The number of aliphatic hydroxyl groups excluding tert-OH is 2. The molecule has 2 aromatic carbocycles. The first-order valence-corrected chi connectivity index (χ1v) is 11.2. The molecule has 0 saturated heterocycles. The number of amides is 3. The van der Waals surface area contributed by atoms with Gasteiger partial charge in [-0.1, -0.05) is 23.7 Å². The van der Waals surface area contributed by atoms with Crippen LogP contribution in [0, 0.1) is 5.82 Å². The number of primary amides is 1. The molecule has 3 aromatic rings. The third-order valence-electron chi connectivity index (χ3n) is 5.60. The van der Waals surface area contributed by atoms with E-state index in [0.717, 1.165) is 4.90 Å². The number of carbonyl (C=O) groups is 3. The molecule has 0 radical (unpaired) electrons. The number of nitrogens with zero attached hydrogens (tertiary/aromatic N) is 3. The zero-order valence-corrected chi connectivity index (χ0v) is 20.1. The van der Waals surface area contributed by atoms with E-state index >= 15 is 0 Å². The van der Waals surface area contributed by atoms with E-state index in [9.17, 15) is 29.0 Å². The van der Waals surface area contributed by atoms with Crippen molar-refractivity contribution in [1.82, 2.24) is 20.0 Å². The lowest BCUT2D eigenvalue weighted by Gasteiger charge is -2.28. The predicted molar refractivity (Wildman–Crippen MR) is 130 cm³/mol. The van der Waals surface area contributed by atoms with Gasteiger partial charge < -0.3 is 31.9 Å². The Balaban J connectivity index is 1.82. The first kappa shape index (κ1) is 26.9. The number of rotatable bonds is 10. The lowest BCUT2D eigenvalue weighted by Crippen LogP contribution is -2.48. The van der Waals surface area contributed by atoms with E-state index in [2.05, 4.69) is 10.4 Å². The quantitative estimate of drug-likeness (QED) is 0.242. The molecule has 3 amide bonds. The second-order valence-electron chi connectivity index (χ2n) is 8.15. The molecule has 0 saturated carbocycles. The fourth-order valence-electron chi connectivity index (χ4n) is 3.71. The molecule has 1 aromatic heterocycles. The Kier molecular flexibility index (Phi) is 8.45. The normalized spacial score (nSPS) is 12.8. The number of nitrogen functional groups attached to an aromatic ring is 1. The number of anilines is 1. The van der Waals surface area contributed by atoms with Gasteiger partial charge in [0.25, 0.3) is 5.91 Å². The van der Waals surface area contributed by atoms with Crippen molar-refractivity contribution < 1.29 is 29.0 Å². The maximum absolute atomic E-state index is 14.4. The fourth-order valence-corrected chi connectivity index (χ4v) is 3.89. The molecule has 0 spiro atoms. The number of halogens is 2. The maximum Gasteiger partial charge on any atom is 0.269 e. The summed E-state index contributed by atoms with van der Waals surface area (Å²) < 4.78 is 15.6. The summed E-state index contributed by atoms with van der Waals surface area (Å²) in [5, 5.41) is 26.2. The van der Waals surface area contributed by atoms with E-state index in [0.29, 0.717) is 16.6 Å². The fraction of sp³-hybridized carbons (Fsp3) is 0.304. The van der Waals surface area contributed by atoms with Gasteiger partial charge in [0, 0.05) is 16.6 Å². The van der Waals surface area contributed by atoms with E-state index in [-0.39, 0.29) is 22.8 Å². The van der Waals surface area contributed by atoms with Crippen LogP contribution >= 0.6 is 11.6 Å². The smallest absolute Gasteiger partial charge is 0.269 e. The van der Waals surface area contributed by atoms with Crippen LogP contribution in [-0.2, 0) is 16.1 Å². The largest absolute Gasteiger partial charge is 0.399 e. The summed E-state index contributed by atoms with van der Waals surface area (Å²) in [7, 11) is 0. The Labute approximate surface area is 210 Å². The molecular formula is C23H26ClFN6O5. The number of hydrogen-bond acceptors (Lipinski definition) is 7. The lowest BCUT2D eigenvalue weighted by molar-refractivity contribution is -0.139. The Bertz CT molecular complexity index is 1300. The second kappa shape index (κ2) is 11.3. The van der Waals surface area contributed by atoms with Crippen LogP contribution in [0.5, 0.6) is 0 Å². The number of carbonyl (C=O) groups excluding carboxylic acids is 3. The van der Waals surface area contributed by atoms with Gasteiger partial charge in [-0.15, -0.1) is 0 Å². The average molecular weight is 521 g/mol. The number of nitrogens with one attached hydrogen (secondary N) is 1. The standard InChI is InChI=1S/C23H26ClFN6O5/c1-12(10-32)30(8-19(34)28-17(11-33)14-3-2-4-16(24)21(14)25)20(35)9-31-18-6-5-13(26)7-15(18)22(29-31)23(27)36/h2-7,12,17,32-33H,8-11,26H2,1H3,(H2,27,36)(H,28,34)/t12-,17+/m1/s1. The SMILES string of the molecule is C[C@H](CO)N(CC(=O)N[C@@H](CO)c1cccc(Cl)c1F)C(=O)Cn1nc(C(N)=O)c2cc(N)ccc21. The van der Waals surface area contributed by atoms with Crippen LogP contribution in [0.4, 0.5) is 10.1 Å². The Morgan fingerprint density at radius 1 is 1.22 bits per heavy atom. The number of fused-ring (bicyclic) bond motifs is 1. The molecule has 13 heteroatoms. The summed E-state index contributed by atoms with van der Waals surface area (Å²) in [5.74, 6) is -2.90. The minimum absolute atomic E-state index is 0.0206. The van der Waals surface area contributed by atoms with Gasteiger partial charge in [0.15, 0.2) is 5.69 Å². The minimum atomic E-state index is -1.11. The van der Waals surface area contributed by atoms with Crippen LogP contribution in [0.1, 0.15) is 29.0 Å². The first-order valence-electron chi connectivity index (χ1n) is 10.9. The van der Waals surface area contributed by atoms with Crippen molar-refractivity contribution >= 4 is 45.9 Å². The number of nitrogens with two attached hydrogens (primary N) is 2. The van der Waals surface area contributed by atoms with Crippen LogP contribution in [0.2, 0.25) is 5.02 Å². The Morgan fingerprint density at radius 2 is 1.94 bits per heavy atom. The molecule has 36 heavy (non-hydrogen) atoms. The highest BCUT2D eigenvalue weighted by atomic mass is 35.5. The molecule has 0 fully saturated rings. The molecule has 11 nitrogen and oxygen atoms in total. The molecule has 3 rings (SSSR count). The first-order chi connectivity index (χ1) is 17.1. The van der Waals surface area contributed by atoms with Gasteiger partial charge in [-0.25, -0.2) is 4.39 Å². The van der Waals surface area contributed by atoms with Gasteiger partial charge in [0.1, 0.15) is 12.4 Å². The van der Waals surface area contributed by atoms with Crippen LogP contribution < -0.4 is 16.8 Å². The van der Waals surface area contributed by atoms with E-state index in [4.69, 9.17) is 23.1 Å². The van der Waals surface area contributed by atoms with Gasteiger partial charge in [-0.2, -0.15) is 5.10 Å². The third kappa shape index (κ3) is 5.73. The van der Waals surface area contributed by atoms with Crippen molar-refractivity contribution in [2.24, 2.45) is 5.73 Å². The summed E-state index contributed by atoms with van der Waals surface area (Å²) in [4.78, 5) is 38.9. The van der Waals surface area contributed by atoms with Gasteiger partial charge >= 0.3 is 0 Å². The molecule has 0 aliphatic heterocycles. The highest BCUT2D eigenvalue weighted by Crippen LogP contribution is 2.24. The average Bonchev–Trinajstić information content (AvgIpc) is 3.19. The van der Waals surface area contributed by atoms with Crippen LogP contribution in [-0.4, -0.2) is 68.4 Å². The maximum atomic E-state index is 14.4. The van der Waals surface area contributed by atoms with Gasteiger partial charge in [0.05, 0.1) is 42.4 Å². The van der Waals surface area contributed by atoms with Crippen LogP contribution in [0.3, 0.4) is 0 Å². The summed E-state index contributed by atoms with van der Waals surface area (Å²) in [6, 6.07) is 6.94. The third-order valence-corrected chi connectivity index (χ3v) is 5.89. The van der Waals surface area contributed by atoms with Crippen molar-refractivity contribution in [3.05, 3.63) is 58.5 Å². The van der Waals surface area contributed by atoms with Crippen molar-refractivity contribution in [3.8, 4) is 0 Å². The van der Waals surface area contributed by atoms with E-state index < -0.39 is 55.4 Å². The number of benzene rings is 2. The number of aromatic nitrogens is 2. The highest BCUT2D eigenvalue weighted by Gasteiger charge is 2.26. The summed E-state index contributed by atoms with van der Waals surface area (Å²) in [6.45, 7) is -0.424. The molecule has 192 valence electrons. The summed E-state index contributed by atoms with van der Waals surface area (Å²) in [5.41, 5.74) is 11.9. The zero-order chi connectivity index (χ0) is 26.6. The molecule has 0 aliphatic carbocycles. The van der Waals surface area contributed by atoms with Gasteiger partial charge in [-0.05, 0) is 31.2 Å². The molecule has 0 bridgehead atoms. The summed E-state index contributed by atoms with van der Waals surface area (Å²) in [6.07, 6.45) is 0. The topological polar surface area (TPSA) is 177 Å². The van der Waals surface area contributed by atoms with E-state index in [1.54, 1.807) is 12.1 Å². The molecule has 0 unspecified atom stereocenters. The van der Waals surface area contributed by atoms with Crippen molar-refractivity contribution in [3.63, 3.8) is 0 Å². The predicted octanol–water partition coefficient (Wildman–Crippen LogP) is 0.569. The van der Waals surface area contributed by atoms with Gasteiger partial charge in [0.2, 0.25) is 11.8 Å². The Morgan fingerprint density at radius 3 is 2.58 bits per heavy atom. The monoisotopic (exact) mass is 520 g/mol. The second-order valence-corrected chi connectivity index (χ2v) is 8.55. The number of aliphatic hydroxyl groups is 2.